The fourth-order valence-corrected chi connectivity index (χ4v) is 3.57. The SMILES string of the molecule is CCN(CC)c1ccc(N(C)C(=S)C2CCCCC2)cc1. The Balaban J connectivity index is 2.05. The minimum Gasteiger partial charge on any atom is -0.372 e. The second-order valence-electron chi connectivity index (χ2n) is 5.92. The number of benzene rings is 1. The lowest BCUT2D eigenvalue weighted by atomic mass is 9.89. The molecule has 0 radical (unpaired) electrons. The lowest BCUT2D eigenvalue weighted by Crippen LogP contribution is -2.32. The van der Waals surface area contributed by atoms with Gasteiger partial charge in [-0.25, -0.2) is 0 Å². The number of nitrogens with zero attached hydrogens (tertiary/aromatic N) is 2. The van der Waals surface area contributed by atoms with Crippen LogP contribution < -0.4 is 9.80 Å². The van der Waals surface area contributed by atoms with Crippen molar-refractivity contribution in [2.24, 2.45) is 5.92 Å². The molecule has 0 saturated heterocycles. The van der Waals surface area contributed by atoms with Crippen molar-refractivity contribution < 1.29 is 0 Å². The molecule has 3 heteroatoms. The van der Waals surface area contributed by atoms with Gasteiger partial charge in [-0.1, -0.05) is 31.5 Å². The molecule has 2 nitrogen and oxygen atoms in total. The van der Waals surface area contributed by atoms with Gasteiger partial charge in [-0.3, -0.25) is 0 Å². The van der Waals surface area contributed by atoms with Crippen molar-refractivity contribution in [3.8, 4) is 0 Å². The fraction of sp³-hybridized carbons (Fsp3) is 0.611. The van der Waals surface area contributed by atoms with E-state index in [2.05, 4.69) is 55.0 Å². The molecule has 116 valence electrons. The molecule has 0 aromatic heterocycles. The van der Waals surface area contributed by atoms with Gasteiger partial charge in [0, 0.05) is 37.4 Å². The third kappa shape index (κ3) is 3.97. The maximum Gasteiger partial charge on any atom is 0.0852 e. The van der Waals surface area contributed by atoms with Gasteiger partial charge in [-0.15, -0.1) is 0 Å². The standard InChI is InChI=1S/C18H28N2S/c1-4-20(5-2)17-13-11-16(12-14-17)19(3)18(21)15-9-7-6-8-10-15/h11-15H,4-10H2,1-3H3. The number of rotatable bonds is 5. The van der Waals surface area contributed by atoms with E-state index in [1.807, 2.05) is 0 Å². The van der Waals surface area contributed by atoms with Crippen molar-refractivity contribution in [3.05, 3.63) is 24.3 Å². The predicted molar refractivity (Wildman–Crippen MR) is 97.6 cm³/mol. The molecular weight excluding hydrogens is 276 g/mol. The van der Waals surface area contributed by atoms with Crippen LogP contribution in [0.2, 0.25) is 0 Å². The van der Waals surface area contributed by atoms with Crippen molar-refractivity contribution in [2.45, 2.75) is 46.0 Å². The molecule has 1 aliphatic carbocycles. The molecule has 1 aromatic carbocycles. The molecule has 2 rings (SSSR count). The second kappa shape index (κ2) is 7.79. The topological polar surface area (TPSA) is 6.48 Å². The molecule has 0 spiro atoms. The summed E-state index contributed by atoms with van der Waals surface area (Å²) in [6.45, 7) is 6.49. The Morgan fingerprint density at radius 3 is 2.05 bits per heavy atom. The molecule has 0 unspecified atom stereocenters. The van der Waals surface area contributed by atoms with Crippen molar-refractivity contribution in [2.75, 3.05) is 29.9 Å². The Morgan fingerprint density at radius 2 is 1.52 bits per heavy atom. The molecule has 0 N–H and O–H groups in total. The van der Waals surface area contributed by atoms with Gasteiger partial charge in [-0.05, 0) is 51.0 Å². The van der Waals surface area contributed by atoms with E-state index in [0.717, 1.165) is 18.1 Å². The smallest absolute Gasteiger partial charge is 0.0852 e. The van der Waals surface area contributed by atoms with Crippen molar-refractivity contribution in [1.29, 1.82) is 0 Å². The van der Waals surface area contributed by atoms with Crippen LogP contribution in [-0.2, 0) is 0 Å². The van der Waals surface area contributed by atoms with Gasteiger partial charge >= 0.3 is 0 Å². The average molecular weight is 305 g/mol. The summed E-state index contributed by atoms with van der Waals surface area (Å²) < 4.78 is 0. The predicted octanol–water partition coefficient (Wildman–Crippen LogP) is 4.88. The molecule has 0 heterocycles. The normalized spacial score (nSPS) is 15.8. The highest BCUT2D eigenvalue weighted by atomic mass is 32.1. The Morgan fingerprint density at radius 1 is 1.00 bits per heavy atom. The highest BCUT2D eigenvalue weighted by molar-refractivity contribution is 7.80. The van der Waals surface area contributed by atoms with E-state index in [1.54, 1.807) is 0 Å². The summed E-state index contributed by atoms with van der Waals surface area (Å²) in [5.41, 5.74) is 2.50. The quantitative estimate of drug-likeness (QED) is 0.716. The molecule has 0 atom stereocenters. The van der Waals surface area contributed by atoms with E-state index in [9.17, 15) is 0 Å². The van der Waals surface area contributed by atoms with Gasteiger partial charge < -0.3 is 9.80 Å². The van der Waals surface area contributed by atoms with E-state index in [1.165, 1.54) is 43.5 Å². The molecular formula is C18H28N2S. The Hall–Kier alpha value is -1.09. The summed E-state index contributed by atoms with van der Waals surface area (Å²) >= 11 is 5.72. The zero-order valence-corrected chi connectivity index (χ0v) is 14.5. The largest absolute Gasteiger partial charge is 0.372 e. The maximum atomic E-state index is 5.72. The number of thiocarbonyl (C=S) groups is 1. The highest BCUT2D eigenvalue weighted by Crippen LogP contribution is 2.28. The van der Waals surface area contributed by atoms with Gasteiger partial charge in [0.05, 0.1) is 4.99 Å². The molecule has 0 amide bonds. The first-order valence-corrected chi connectivity index (χ1v) is 8.70. The lowest BCUT2D eigenvalue weighted by molar-refractivity contribution is 0.440. The maximum absolute atomic E-state index is 5.72. The van der Waals surface area contributed by atoms with Crippen molar-refractivity contribution >= 4 is 28.6 Å². The molecule has 0 bridgehead atoms. The highest BCUT2D eigenvalue weighted by Gasteiger charge is 2.21. The first-order chi connectivity index (χ1) is 10.2. The zero-order chi connectivity index (χ0) is 15.2. The van der Waals surface area contributed by atoms with Crippen LogP contribution in [0, 0.1) is 5.92 Å². The summed E-state index contributed by atoms with van der Waals surface area (Å²) in [5, 5.41) is 0. The zero-order valence-electron chi connectivity index (χ0n) is 13.6. The van der Waals surface area contributed by atoms with Gasteiger partial charge in [-0.2, -0.15) is 0 Å². The third-order valence-electron chi connectivity index (χ3n) is 4.65. The van der Waals surface area contributed by atoms with E-state index >= 15 is 0 Å². The van der Waals surface area contributed by atoms with Crippen LogP contribution in [0.5, 0.6) is 0 Å². The number of hydrogen-bond acceptors (Lipinski definition) is 2. The summed E-state index contributed by atoms with van der Waals surface area (Å²) in [6, 6.07) is 8.82. The minimum absolute atomic E-state index is 0.598. The van der Waals surface area contributed by atoms with Crippen LogP contribution in [0.4, 0.5) is 11.4 Å². The van der Waals surface area contributed by atoms with Crippen LogP contribution in [0.15, 0.2) is 24.3 Å². The van der Waals surface area contributed by atoms with Crippen LogP contribution in [-0.4, -0.2) is 25.1 Å². The minimum atomic E-state index is 0.598. The molecule has 21 heavy (non-hydrogen) atoms. The summed E-state index contributed by atoms with van der Waals surface area (Å²) in [6.07, 6.45) is 6.57. The molecule has 1 saturated carbocycles. The van der Waals surface area contributed by atoms with Crippen LogP contribution in [0.1, 0.15) is 46.0 Å². The van der Waals surface area contributed by atoms with E-state index < -0.39 is 0 Å². The molecule has 1 aliphatic rings. The number of hydrogen-bond donors (Lipinski definition) is 0. The monoisotopic (exact) mass is 304 g/mol. The van der Waals surface area contributed by atoms with Gasteiger partial charge in [0.15, 0.2) is 0 Å². The third-order valence-corrected chi connectivity index (χ3v) is 5.26. The van der Waals surface area contributed by atoms with E-state index in [-0.39, 0.29) is 0 Å². The molecule has 0 aliphatic heterocycles. The van der Waals surface area contributed by atoms with Crippen LogP contribution >= 0.6 is 12.2 Å². The van der Waals surface area contributed by atoms with Crippen LogP contribution in [0.25, 0.3) is 0 Å². The molecule has 1 aromatic rings. The summed E-state index contributed by atoms with van der Waals surface area (Å²) in [4.78, 5) is 5.69. The van der Waals surface area contributed by atoms with E-state index in [0.29, 0.717) is 5.92 Å². The average Bonchev–Trinajstić information content (AvgIpc) is 2.56. The summed E-state index contributed by atoms with van der Waals surface area (Å²) in [7, 11) is 2.11. The fourth-order valence-electron chi connectivity index (χ4n) is 3.23. The lowest BCUT2D eigenvalue weighted by Gasteiger charge is -2.30. The Labute approximate surface area is 135 Å². The van der Waals surface area contributed by atoms with Gasteiger partial charge in [0.1, 0.15) is 0 Å². The van der Waals surface area contributed by atoms with Crippen LogP contribution in [0.3, 0.4) is 0 Å². The first kappa shape index (κ1) is 16.3. The Bertz CT molecular complexity index is 445. The van der Waals surface area contributed by atoms with Gasteiger partial charge in [0.2, 0.25) is 0 Å². The van der Waals surface area contributed by atoms with E-state index in [4.69, 9.17) is 12.2 Å². The van der Waals surface area contributed by atoms with Crippen molar-refractivity contribution in [1.82, 2.24) is 0 Å². The van der Waals surface area contributed by atoms with Crippen molar-refractivity contribution in [3.63, 3.8) is 0 Å². The Kier molecular flexibility index (Phi) is 6.04. The first-order valence-electron chi connectivity index (χ1n) is 8.30. The second-order valence-corrected chi connectivity index (χ2v) is 6.34. The number of anilines is 2. The summed E-state index contributed by atoms with van der Waals surface area (Å²) in [5.74, 6) is 0.598. The molecule has 1 fully saturated rings. The van der Waals surface area contributed by atoms with Gasteiger partial charge in [0.25, 0.3) is 0 Å².